The van der Waals surface area contributed by atoms with Gasteiger partial charge < -0.3 is 15.8 Å². The summed E-state index contributed by atoms with van der Waals surface area (Å²) in [5.74, 6) is -7.65. The lowest BCUT2D eigenvalue weighted by Gasteiger charge is -2.40. The minimum absolute atomic E-state index is 0.0342. The Kier molecular flexibility index (Phi) is 7.34. The molecule has 3 N–H and O–H groups in total. The van der Waals surface area contributed by atoms with Crippen LogP contribution in [0.15, 0.2) is 48.9 Å². The molecule has 4 rings (SSSR count). The number of halogens is 4. The predicted octanol–water partition coefficient (Wildman–Crippen LogP) is 3.49. The molecule has 3 aromatic rings. The molecule has 2 unspecified atom stereocenters. The van der Waals surface area contributed by atoms with Gasteiger partial charge in [0.15, 0.2) is 17.4 Å². The van der Waals surface area contributed by atoms with Gasteiger partial charge in [0, 0.05) is 31.8 Å². The van der Waals surface area contributed by atoms with Crippen LogP contribution in [0.4, 0.5) is 23.4 Å². The Morgan fingerprint density at radius 2 is 1.95 bits per heavy atom. The number of alkyl halides is 2. The molecular weight excluding hydrogens is 496 g/mol. The van der Waals surface area contributed by atoms with Gasteiger partial charge >= 0.3 is 0 Å². The zero-order chi connectivity index (χ0) is 26.7. The standard InChI is InChI=1S/C24H22F4N6O3/c1-13(34-7-5-24(27,28)16(12-34)14-4-6-30-18(8-14)22(29)35)23(36)33-20-10-32-21(11-31-20)37-19-3-2-15(25)9-17(19)26/h2-4,6,8-11,13,16H,5,7,12H2,1H3,(H2,29,35)(H,31,33,36). The van der Waals surface area contributed by atoms with Crippen LogP contribution in [-0.2, 0) is 4.79 Å². The fourth-order valence-corrected chi connectivity index (χ4v) is 3.93. The maximum Gasteiger partial charge on any atom is 0.267 e. The Morgan fingerprint density at radius 3 is 2.62 bits per heavy atom. The average molecular weight is 518 g/mol. The third kappa shape index (κ3) is 6.00. The molecule has 1 aromatic carbocycles. The van der Waals surface area contributed by atoms with E-state index in [9.17, 15) is 27.2 Å². The van der Waals surface area contributed by atoms with E-state index in [0.29, 0.717) is 6.07 Å². The van der Waals surface area contributed by atoms with Crippen molar-refractivity contribution in [2.45, 2.75) is 31.2 Å². The molecule has 1 fully saturated rings. The number of aromatic nitrogens is 3. The number of anilines is 1. The first-order valence-corrected chi connectivity index (χ1v) is 11.2. The van der Waals surface area contributed by atoms with Crippen LogP contribution in [0.1, 0.15) is 35.3 Å². The van der Waals surface area contributed by atoms with Gasteiger partial charge in [-0.3, -0.25) is 19.5 Å². The third-order valence-electron chi connectivity index (χ3n) is 6.01. The van der Waals surface area contributed by atoms with Crippen molar-refractivity contribution in [3.63, 3.8) is 0 Å². The van der Waals surface area contributed by atoms with Crippen molar-refractivity contribution >= 4 is 17.6 Å². The van der Waals surface area contributed by atoms with Crippen molar-refractivity contribution < 1.29 is 31.9 Å². The molecule has 2 aromatic heterocycles. The second kappa shape index (κ2) is 10.5. The number of hydrogen-bond donors (Lipinski definition) is 2. The van der Waals surface area contributed by atoms with E-state index < -0.39 is 47.8 Å². The van der Waals surface area contributed by atoms with E-state index in [1.165, 1.54) is 24.5 Å². The summed E-state index contributed by atoms with van der Waals surface area (Å²) in [4.78, 5) is 37.6. The Bertz CT molecular complexity index is 1310. The summed E-state index contributed by atoms with van der Waals surface area (Å²) in [5.41, 5.74) is 5.30. The number of nitrogens with one attached hydrogen (secondary N) is 1. The molecule has 1 aliphatic rings. The number of benzene rings is 1. The molecule has 1 aliphatic heterocycles. The first kappa shape index (κ1) is 25.9. The highest BCUT2D eigenvalue weighted by Gasteiger charge is 2.46. The van der Waals surface area contributed by atoms with Crippen LogP contribution < -0.4 is 15.8 Å². The minimum atomic E-state index is -3.06. The van der Waals surface area contributed by atoms with Gasteiger partial charge in [-0.2, -0.15) is 0 Å². The smallest absolute Gasteiger partial charge is 0.267 e. The fraction of sp³-hybridized carbons (Fsp3) is 0.292. The largest absolute Gasteiger partial charge is 0.434 e. The Labute approximate surface area is 208 Å². The Hall–Kier alpha value is -4.13. The quantitative estimate of drug-likeness (QED) is 0.459. The number of likely N-dealkylation sites (tertiary alicyclic amines) is 1. The van der Waals surface area contributed by atoms with Gasteiger partial charge in [0.25, 0.3) is 11.8 Å². The summed E-state index contributed by atoms with van der Waals surface area (Å²) < 4.78 is 61.5. The number of nitrogens with two attached hydrogens (primary N) is 1. The van der Waals surface area contributed by atoms with E-state index in [-0.39, 0.29) is 41.8 Å². The summed E-state index contributed by atoms with van der Waals surface area (Å²) in [7, 11) is 0. The van der Waals surface area contributed by atoms with Crippen LogP contribution in [0.5, 0.6) is 11.6 Å². The number of pyridine rings is 1. The number of hydrogen-bond acceptors (Lipinski definition) is 7. The van der Waals surface area contributed by atoms with Gasteiger partial charge in [-0.15, -0.1) is 0 Å². The van der Waals surface area contributed by atoms with E-state index in [4.69, 9.17) is 10.5 Å². The summed E-state index contributed by atoms with van der Waals surface area (Å²) in [6.45, 7) is 1.39. The molecular formula is C24H22F4N6O3. The summed E-state index contributed by atoms with van der Waals surface area (Å²) in [6.07, 6.45) is 3.07. The van der Waals surface area contributed by atoms with Crippen LogP contribution in [0.3, 0.4) is 0 Å². The normalized spacial score (nSPS) is 18.1. The maximum absolute atomic E-state index is 14.8. The lowest BCUT2D eigenvalue weighted by atomic mass is 9.86. The molecule has 2 atom stereocenters. The summed E-state index contributed by atoms with van der Waals surface area (Å²) >= 11 is 0. The minimum Gasteiger partial charge on any atom is -0.434 e. The van der Waals surface area contributed by atoms with Crippen LogP contribution in [0, 0.1) is 11.6 Å². The molecule has 0 bridgehead atoms. The molecule has 0 radical (unpaired) electrons. The second-order valence-corrected chi connectivity index (χ2v) is 8.48. The molecule has 0 aliphatic carbocycles. The SMILES string of the molecule is CC(C(=O)Nc1cnc(Oc2ccc(F)cc2F)cn1)N1CCC(F)(F)C(c2ccnc(C(N)=O)c2)C1. The van der Waals surface area contributed by atoms with E-state index in [2.05, 4.69) is 20.3 Å². The highest BCUT2D eigenvalue weighted by Crippen LogP contribution is 2.41. The first-order valence-electron chi connectivity index (χ1n) is 11.2. The third-order valence-corrected chi connectivity index (χ3v) is 6.01. The molecule has 194 valence electrons. The number of amides is 2. The highest BCUT2D eigenvalue weighted by molar-refractivity contribution is 5.93. The van der Waals surface area contributed by atoms with Gasteiger partial charge in [0.2, 0.25) is 11.8 Å². The monoisotopic (exact) mass is 518 g/mol. The lowest BCUT2D eigenvalue weighted by Crippen LogP contribution is -2.52. The highest BCUT2D eigenvalue weighted by atomic mass is 19.3. The van der Waals surface area contributed by atoms with E-state index in [0.717, 1.165) is 18.3 Å². The van der Waals surface area contributed by atoms with E-state index in [1.54, 1.807) is 11.8 Å². The number of rotatable bonds is 7. The van der Waals surface area contributed by atoms with Gasteiger partial charge in [-0.25, -0.2) is 27.5 Å². The van der Waals surface area contributed by atoms with Gasteiger partial charge in [0.05, 0.1) is 24.4 Å². The average Bonchev–Trinajstić information content (AvgIpc) is 2.86. The molecule has 9 nitrogen and oxygen atoms in total. The molecule has 37 heavy (non-hydrogen) atoms. The van der Waals surface area contributed by atoms with Crippen LogP contribution in [0.25, 0.3) is 0 Å². The van der Waals surface area contributed by atoms with Gasteiger partial charge in [-0.05, 0) is 36.8 Å². The summed E-state index contributed by atoms with van der Waals surface area (Å²) in [5, 5.41) is 2.56. The number of primary amides is 1. The fourth-order valence-electron chi connectivity index (χ4n) is 3.93. The van der Waals surface area contributed by atoms with E-state index in [1.807, 2.05) is 0 Å². The Morgan fingerprint density at radius 1 is 1.16 bits per heavy atom. The van der Waals surface area contributed by atoms with Gasteiger partial charge in [-0.1, -0.05) is 0 Å². The van der Waals surface area contributed by atoms with Crippen molar-refractivity contribution in [1.82, 2.24) is 19.9 Å². The Balaban J connectivity index is 1.41. The van der Waals surface area contributed by atoms with Crippen molar-refractivity contribution in [3.05, 3.63) is 71.8 Å². The number of nitrogens with zero attached hydrogens (tertiary/aromatic N) is 4. The van der Waals surface area contributed by atoms with E-state index >= 15 is 0 Å². The van der Waals surface area contributed by atoms with Crippen molar-refractivity contribution in [3.8, 4) is 11.6 Å². The second-order valence-electron chi connectivity index (χ2n) is 8.48. The molecule has 0 saturated carbocycles. The predicted molar refractivity (Wildman–Crippen MR) is 123 cm³/mol. The molecule has 0 spiro atoms. The summed E-state index contributed by atoms with van der Waals surface area (Å²) in [6, 6.07) is 4.61. The van der Waals surface area contributed by atoms with Crippen LogP contribution in [0.2, 0.25) is 0 Å². The number of piperidine rings is 1. The molecule has 1 saturated heterocycles. The van der Waals surface area contributed by atoms with Crippen LogP contribution in [-0.4, -0.2) is 56.7 Å². The van der Waals surface area contributed by atoms with Crippen molar-refractivity contribution in [2.75, 3.05) is 18.4 Å². The maximum atomic E-state index is 14.8. The first-order chi connectivity index (χ1) is 17.5. The van der Waals surface area contributed by atoms with Crippen molar-refractivity contribution in [1.29, 1.82) is 0 Å². The number of ether oxygens (including phenoxy) is 1. The zero-order valence-corrected chi connectivity index (χ0v) is 19.5. The zero-order valence-electron chi connectivity index (χ0n) is 19.5. The molecule has 2 amide bonds. The van der Waals surface area contributed by atoms with Crippen molar-refractivity contribution in [2.24, 2.45) is 5.73 Å². The molecule has 13 heteroatoms. The number of carbonyl (C=O) groups is 2. The topological polar surface area (TPSA) is 123 Å². The molecule has 3 heterocycles. The van der Waals surface area contributed by atoms with Gasteiger partial charge in [0.1, 0.15) is 11.5 Å². The van der Waals surface area contributed by atoms with Crippen LogP contribution >= 0.6 is 0 Å². The lowest BCUT2D eigenvalue weighted by molar-refractivity contribution is -0.125. The number of carbonyl (C=O) groups excluding carboxylic acids is 2.